The van der Waals surface area contributed by atoms with Crippen LogP contribution in [-0.2, 0) is 0 Å². The summed E-state index contributed by atoms with van der Waals surface area (Å²) in [6.07, 6.45) is 3.80. The Morgan fingerprint density at radius 1 is 1.07 bits per heavy atom. The van der Waals surface area contributed by atoms with Gasteiger partial charge in [-0.1, -0.05) is 6.07 Å². The third-order valence-electron chi connectivity index (χ3n) is 5.02. The van der Waals surface area contributed by atoms with Gasteiger partial charge in [0.25, 0.3) is 0 Å². The minimum atomic E-state index is 0. The van der Waals surface area contributed by atoms with Crippen molar-refractivity contribution in [2.75, 3.05) is 44.2 Å². The number of aromatic nitrogens is 3. The summed E-state index contributed by atoms with van der Waals surface area (Å²) >= 11 is 0. The Labute approximate surface area is 184 Å². The van der Waals surface area contributed by atoms with Gasteiger partial charge in [0.1, 0.15) is 0 Å². The van der Waals surface area contributed by atoms with Crippen molar-refractivity contribution in [3.63, 3.8) is 0 Å². The molecule has 0 atom stereocenters. The maximum atomic E-state index is 5.68. The summed E-state index contributed by atoms with van der Waals surface area (Å²) in [6, 6.07) is 8.59. The Hall–Kier alpha value is -1.57. The van der Waals surface area contributed by atoms with Gasteiger partial charge < -0.3 is 10.6 Å². The fourth-order valence-electron chi connectivity index (χ4n) is 3.61. The second-order valence-corrected chi connectivity index (χ2v) is 6.59. The number of nitrogens with one attached hydrogen (secondary N) is 1. The van der Waals surface area contributed by atoms with E-state index in [1.54, 1.807) is 0 Å². The van der Waals surface area contributed by atoms with Crippen molar-refractivity contribution in [2.45, 2.75) is 6.92 Å². The minimum Gasteiger partial charge on any atom is -0.368 e. The van der Waals surface area contributed by atoms with Crippen LogP contribution in [0.15, 0.2) is 36.7 Å². The van der Waals surface area contributed by atoms with Crippen LogP contribution in [-0.4, -0.2) is 59.3 Å². The van der Waals surface area contributed by atoms with Crippen LogP contribution >= 0.6 is 37.2 Å². The number of anilines is 1. The number of halogens is 3. The van der Waals surface area contributed by atoms with E-state index >= 15 is 0 Å². The van der Waals surface area contributed by atoms with Crippen LogP contribution in [0.3, 0.4) is 0 Å². The Kier molecular flexibility index (Phi) is 9.47. The zero-order chi connectivity index (χ0) is 17.2. The van der Waals surface area contributed by atoms with E-state index in [9.17, 15) is 0 Å². The first-order valence-electron chi connectivity index (χ1n) is 8.83. The van der Waals surface area contributed by atoms with Crippen LogP contribution in [0.4, 0.5) is 5.69 Å². The molecule has 0 aliphatic carbocycles. The van der Waals surface area contributed by atoms with Gasteiger partial charge in [-0.2, -0.15) is 5.10 Å². The standard InChI is InChI=1S/C19H24N6.3ClH/c1-14-17(13-22-23-14)15-2-3-18-16(12-15)19(4-6-21-18)25-10-8-24(7-5-20)9-11-25;;;/h2-4,6,12-13H,5,7-11,20H2,1H3,(H,22,23);3*1H. The van der Waals surface area contributed by atoms with Gasteiger partial charge in [0.05, 0.1) is 11.7 Å². The lowest BCUT2D eigenvalue weighted by Gasteiger charge is -2.36. The first-order chi connectivity index (χ1) is 12.3. The maximum absolute atomic E-state index is 5.68. The number of hydrogen-bond donors (Lipinski definition) is 2. The monoisotopic (exact) mass is 444 g/mol. The Morgan fingerprint density at radius 3 is 2.46 bits per heavy atom. The first kappa shape index (κ1) is 24.5. The zero-order valence-electron chi connectivity index (χ0n) is 15.8. The second-order valence-electron chi connectivity index (χ2n) is 6.59. The summed E-state index contributed by atoms with van der Waals surface area (Å²) in [5.41, 5.74) is 11.4. The summed E-state index contributed by atoms with van der Waals surface area (Å²) in [4.78, 5) is 9.44. The van der Waals surface area contributed by atoms with Crippen LogP contribution in [0.25, 0.3) is 22.0 Å². The molecule has 4 rings (SSSR count). The number of piperazine rings is 1. The van der Waals surface area contributed by atoms with E-state index < -0.39 is 0 Å². The highest BCUT2D eigenvalue weighted by Gasteiger charge is 2.18. The predicted molar refractivity (Wildman–Crippen MR) is 124 cm³/mol. The number of aromatic amines is 1. The minimum absolute atomic E-state index is 0. The van der Waals surface area contributed by atoms with Gasteiger partial charge in [-0.25, -0.2) is 0 Å². The highest BCUT2D eigenvalue weighted by molar-refractivity contribution is 5.94. The molecule has 154 valence electrons. The molecule has 0 unspecified atom stereocenters. The van der Waals surface area contributed by atoms with Gasteiger partial charge in [-0.3, -0.25) is 15.0 Å². The topological polar surface area (TPSA) is 74.1 Å². The largest absolute Gasteiger partial charge is 0.368 e. The van der Waals surface area contributed by atoms with Crippen molar-refractivity contribution in [1.29, 1.82) is 0 Å². The Balaban J connectivity index is 0.00000131. The smallest absolute Gasteiger partial charge is 0.0723 e. The van der Waals surface area contributed by atoms with Crippen molar-refractivity contribution in [2.24, 2.45) is 5.73 Å². The Morgan fingerprint density at radius 2 is 1.82 bits per heavy atom. The van der Waals surface area contributed by atoms with E-state index in [2.05, 4.69) is 49.2 Å². The molecule has 1 aliphatic rings. The molecule has 0 amide bonds. The number of H-pyrrole nitrogens is 1. The van der Waals surface area contributed by atoms with E-state index in [-0.39, 0.29) is 37.2 Å². The van der Waals surface area contributed by atoms with Gasteiger partial charge in [0.15, 0.2) is 0 Å². The molecule has 0 spiro atoms. The molecule has 0 saturated carbocycles. The molecule has 1 aliphatic heterocycles. The molecular formula is C19H27Cl3N6. The summed E-state index contributed by atoms with van der Waals surface area (Å²) in [7, 11) is 0. The normalized spacial score (nSPS) is 14.1. The predicted octanol–water partition coefficient (Wildman–Crippen LogP) is 3.28. The number of hydrogen-bond acceptors (Lipinski definition) is 5. The number of aryl methyl sites for hydroxylation is 1. The number of nitrogens with zero attached hydrogens (tertiary/aromatic N) is 4. The quantitative estimate of drug-likeness (QED) is 0.644. The lowest BCUT2D eigenvalue weighted by Crippen LogP contribution is -2.47. The number of benzene rings is 1. The molecule has 1 saturated heterocycles. The van der Waals surface area contributed by atoms with Crippen molar-refractivity contribution < 1.29 is 0 Å². The molecule has 1 fully saturated rings. The number of rotatable bonds is 4. The highest BCUT2D eigenvalue weighted by Crippen LogP contribution is 2.31. The van der Waals surface area contributed by atoms with Crippen molar-refractivity contribution in [3.8, 4) is 11.1 Å². The molecule has 0 radical (unpaired) electrons. The Bertz CT molecular complexity index is 877. The van der Waals surface area contributed by atoms with Gasteiger partial charge in [0.2, 0.25) is 0 Å². The van der Waals surface area contributed by atoms with Gasteiger partial charge in [-0.05, 0) is 30.7 Å². The first-order valence-corrected chi connectivity index (χ1v) is 8.83. The van der Waals surface area contributed by atoms with Crippen molar-refractivity contribution >= 4 is 53.8 Å². The molecule has 1 aromatic carbocycles. The fraction of sp³-hybridized carbons (Fsp3) is 0.368. The molecule has 3 N–H and O–H groups in total. The summed E-state index contributed by atoms with van der Waals surface area (Å²) in [5, 5.41) is 8.37. The van der Waals surface area contributed by atoms with E-state index in [1.807, 2.05) is 19.3 Å². The van der Waals surface area contributed by atoms with Crippen LogP contribution in [0.2, 0.25) is 0 Å². The molecule has 6 nitrogen and oxygen atoms in total. The van der Waals surface area contributed by atoms with E-state index in [0.29, 0.717) is 0 Å². The van der Waals surface area contributed by atoms with Gasteiger partial charge in [0, 0.05) is 67.8 Å². The average molecular weight is 446 g/mol. The van der Waals surface area contributed by atoms with Crippen LogP contribution < -0.4 is 10.6 Å². The third kappa shape index (κ3) is 4.88. The van der Waals surface area contributed by atoms with E-state index in [0.717, 1.165) is 56.0 Å². The van der Waals surface area contributed by atoms with Gasteiger partial charge in [-0.15, -0.1) is 37.2 Å². The molecule has 28 heavy (non-hydrogen) atoms. The van der Waals surface area contributed by atoms with Crippen LogP contribution in [0.1, 0.15) is 5.69 Å². The third-order valence-corrected chi connectivity index (χ3v) is 5.02. The SMILES string of the molecule is Cc1[nH]ncc1-c1ccc2nccc(N3CCN(CCN)CC3)c2c1.Cl.Cl.Cl. The molecule has 9 heteroatoms. The fourth-order valence-corrected chi connectivity index (χ4v) is 3.61. The van der Waals surface area contributed by atoms with Gasteiger partial charge >= 0.3 is 0 Å². The molecule has 0 bridgehead atoms. The average Bonchev–Trinajstić information content (AvgIpc) is 3.08. The van der Waals surface area contributed by atoms with Crippen LogP contribution in [0, 0.1) is 6.92 Å². The summed E-state index contributed by atoms with van der Waals surface area (Å²) < 4.78 is 0. The lowest BCUT2D eigenvalue weighted by molar-refractivity contribution is 0.265. The highest BCUT2D eigenvalue weighted by atomic mass is 35.5. The van der Waals surface area contributed by atoms with E-state index in [1.165, 1.54) is 16.6 Å². The molecular weight excluding hydrogens is 419 g/mol. The van der Waals surface area contributed by atoms with Crippen LogP contribution in [0.5, 0.6) is 0 Å². The van der Waals surface area contributed by atoms with Crippen molar-refractivity contribution in [3.05, 3.63) is 42.4 Å². The second kappa shape index (κ2) is 10.8. The lowest BCUT2D eigenvalue weighted by atomic mass is 10.0. The van der Waals surface area contributed by atoms with E-state index in [4.69, 9.17) is 5.73 Å². The molecule has 3 aromatic rings. The summed E-state index contributed by atoms with van der Waals surface area (Å²) in [6.45, 7) is 7.92. The maximum Gasteiger partial charge on any atom is 0.0723 e. The van der Waals surface area contributed by atoms with Crippen molar-refractivity contribution in [1.82, 2.24) is 20.1 Å². The number of fused-ring (bicyclic) bond motifs is 1. The zero-order valence-corrected chi connectivity index (χ0v) is 18.2. The number of pyridine rings is 1. The molecule has 3 heterocycles. The molecule has 2 aromatic heterocycles. The number of nitrogens with two attached hydrogens (primary N) is 1. The summed E-state index contributed by atoms with van der Waals surface area (Å²) in [5.74, 6) is 0.